The Morgan fingerprint density at radius 2 is 1.73 bits per heavy atom. The maximum absolute atomic E-state index is 2.59. The Morgan fingerprint density at radius 1 is 1.07 bits per heavy atom. The largest absolute Gasteiger partial charge is 0.303 e. The van der Waals surface area contributed by atoms with E-state index in [2.05, 4.69) is 36.1 Å². The fourth-order valence-electron chi connectivity index (χ4n) is 2.43. The van der Waals surface area contributed by atoms with Crippen LogP contribution in [0.2, 0.25) is 0 Å². The van der Waals surface area contributed by atoms with Gasteiger partial charge in [0.15, 0.2) is 0 Å². The summed E-state index contributed by atoms with van der Waals surface area (Å²) in [6, 6.07) is 8.87. The van der Waals surface area contributed by atoms with Gasteiger partial charge in [-0.05, 0) is 49.9 Å². The van der Waals surface area contributed by atoms with E-state index in [4.69, 9.17) is 0 Å². The summed E-state index contributed by atoms with van der Waals surface area (Å²) in [6.07, 6.45) is 5.19. The highest BCUT2D eigenvalue weighted by Crippen LogP contribution is 2.13. The van der Waals surface area contributed by atoms with Crippen molar-refractivity contribution in [3.05, 3.63) is 35.4 Å². The molecule has 1 aliphatic heterocycles. The van der Waals surface area contributed by atoms with E-state index in [1.807, 2.05) is 0 Å². The first-order valence-electron chi connectivity index (χ1n) is 6.19. The quantitative estimate of drug-likeness (QED) is 0.727. The molecule has 1 nitrogen and oxygen atoms in total. The molecule has 1 saturated heterocycles. The summed E-state index contributed by atoms with van der Waals surface area (Å²) >= 11 is 0. The molecule has 1 heteroatoms. The van der Waals surface area contributed by atoms with Crippen molar-refractivity contribution in [2.24, 2.45) is 0 Å². The molecule has 1 aromatic carbocycles. The van der Waals surface area contributed by atoms with E-state index < -0.39 is 0 Å². The summed E-state index contributed by atoms with van der Waals surface area (Å²) in [5.41, 5.74) is 3.07. The first-order valence-corrected chi connectivity index (χ1v) is 6.19. The minimum absolute atomic E-state index is 1.16. The van der Waals surface area contributed by atoms with Crippen LogP contribution in [0.3, 0.4) is 0 Å². The topological polar surface area (TPSA) is 3.24 Å². The summed E-state index contributed by atoms with van der Waals surface area (Å²) in [6.45, 7) is 6.12. The van der Waals surface area contributed by atoms with Crippen molar-refractivity contribution in [3.8, 4) is 0 Å². The average Bonchev–Trinajstić information content (AvgIpc) is 2.79. The van der Waals surface area contributed by atoms with E-state index in [-0.39, 0.29) is 0 Å². The van der Waals surface area contributed by atoms with Gasteiger partial charge < -0.3 is 4.90 Å². The zero-order valence-corrected chi connectivity index (χ0v) is 9.71. The predicted octanol–water partition coefficient (Wildman–Crippen LogP) is 2.89. The van der Waals surface area contributed by atoms with E-state index in [1.165, 1.54) is 44.5 Å². The number of aryl methyl sites for hydroxylation is 1. The number of likely N-dealkylation sites (tertiary alicyclic amines) is 1. The smallest absolute Gasteiger partial charge is 0.00219 e. The van der Waals surface area contributed by atoms with Gasteiger partial charge in [0.05, 0.1) is 0 Å². The van der Waals surface area contributed by atoms with Crippen LogP contribution < -0.4 is 0 Å². The molecule has 1 fully saturated rings. The monoisotopic (exact) mass is 203 g/mol. The molecule has 15 heavy (non-hydrogen) atoms. The molecule has 2 rings (SSSR count). The SMILES string of the molecule is CCc1ccccc1CCN1CCCC1. The fourth-order valence-corrected chi connectivity index (χ4v) is 2.43. The Bertz CT molecular complexity index is 300. The second kappa shape index (κ2) is 5.32. The summed E-state index contributed by atoms with van der Waals surface area (Å²) < 4.78 is 0. The highest BCUT2D eigenvalue weighted by Gasteiger charge is 2.11. The Morgan fingerprint density at radius 3 is 2.40 bits per heavy atom. The minimum atomic E-state index is 1.16. The molecule has 82 valence electrons. The van der Waals surface area contributed by atoms with E-state index in [0.717, 1.165) is 6.42 Å². The van der Waals surface area contributed by atoms with Gasteiger partial charge in [-0.2, -0.15) is 0 Å². The standard InChI is InChI=1S/C14H21N/c1-2-13-7-3-4-8-14(13)9-12-15-10-5-6-11-15/h3-4,7-8H,2,5-6,9-12H2,1H3. The van der Waals surface area contributed by atoms with Crippen molar-refractivity contribution < 1.29 is 0 Å². The van der Waals surface area contributed by atoms with Crippen molar-refractivity contribution in [1.82, 2.24) is 4.90 Å². The van der Waals surface area contributed by atoms with Gasteiger partial charge in [0.2, 0.25) is 0 Å². The number of hydrogen-bond donors (Lipinski definition) is 0. The third kappa shape index (κ3) is 2.82. The lowest BCUT2D eigenvalue weighted by Gasteiger charge is -2.15. The zero-order valence-electron chi connectivity index (χ0n) is 9.71. The number of hydrogen-bond acceptors (Lipinski definition) is 1. The van der Waals surface area contributed by atoms with Gasteiger partial charge in [0.1, 0.15) is 0 Å². The number of nitrogens with zero attached hydrogens (tertiary/aromatic N) is 1. The van der Waals surface area contributed by atoms with Crippen LogP contribution in [0.4, 0.5) is 0 Å². The molecule has 1 aliphatic rings. The second-order valence-electron chi connectivity index (χ2n) is 4.42. The third-order valence-electron chi connectivity index (χ3n) is 3.40. The van der Waals surface area contributed by atoms with Crippen LogP contribution in [-0.4, -0.2) is 24.5 Å². The second-order valence-corrected chi connectivity index (χ2v) is 4.42. The lowest BCUT2D eigenvalue weighted by atomic mass is 10.0. The van der Waals surface area contributed by atoms with Crippen LogP contribution >= 0.6 is 0 Å². The molecule has 0 aromatic heterocycles. The molecule has 0 N–H and O–H groups in total. The molecule has 0 saturated carbocycles. The Labute approximate surface area is 93.1 Å². The zero-order chi connectivity index (χ0) is 10.5. The lowest BCUT2D eigenvalue weighted by Crippen LogP contribution is -2.22. The maximum Gasteiger partial charge on any atom is 0.00219 e. The van der Waals surface area contributed by atoms with Gasteiger partial charge in [-0.1, -0.05) is 31.2 Å². The highest BCUT2D eigenvalue weighted by atomic mass is 15.1. The molecule has 0 radical (unpaired) electrons. The summed E-state index contributed by atoms with van der Waals surface area (Å²) in [7, 11) is 0. The van der Waals surface area contributed by atoms with Crippen molar-refractivity contribution in [2.75, 3.05) is 19.6 Å². The summed E-state index contributed by atoms with van der Waals surface area (Å²) in [4.78, 5) is 2.59. The fraction of sp³-hybridized carbons (Fsp3) is 0.571. The van der Waals surface area contributed by atoms with E-state index in [0.29, 0.717) is 0 Å². The molecular weight excluding hydrogens is 182 g/mol. The first kappa shape index (κ1) is 10.7. The van der Waals surface area contributed by atoms with Gasteiger partial charge in [-0.3, -0.25) is 0 Å². The van der Waals surface area contributed by atoms with Crippen molar-refractivity contribution in [1.29, 1.82) is 0 Å². The van der Waals surface area contributed by atoms with Gasteiger partial charge >= 0.3 is 0 Å². The number of benzene rings is 1. The van der Waals surface area contributed by atoms with Gasteiger partial charge in [-0.25, -0.2) is 0 Å². The van der Waals surface area contributed by atoms with Crippen LogP contribution in [0.25, 0.3) is 0 Å². The van der Waals surface area contributed by atoms with Crippen LogP contribution in [0.1, 0.15) is 30.9 Å². The van der Waals surface area contributed by atoms with Crippen molar-refractivity contribution in [2.45, 2.75) is 32.6 Å². The Hall–Kier alpha value is -0.820. The van der Waals surface area contributed by atoms with E-state index in [9.17, 15) is 0 Å². The molecular formula is C14H21N. The van der Waals surface area contributed by atoms with Crippen LogP contribution in [0.5, 0.6) is 0 Å². The Kier molecular flexibility index (Phi) is 3.79. The Balaban J connectivity index is 1.91. The first-order chi connectivity index (χ1) is 7.40. The molecule has 0 atom stereocenters. The molecule has 0 aliphatic carbocycles. The summed E-state index contributed by atoms with van der Waals surface area (Å²) in [5.74, 6) is 0. The van der Waals surface area contributed by atoms with Gasteiger partial charge in [0, 0.05) is 6.54 Å². The third-order valence-corrected chi connectivity index (χ3v) is 3.40. The maximum atomic E-state index is 2.59. The average molecular weight is 203 g/mol. The molecule has 0 unspecified atom stereocenters. The highest BCUT2D eigenvalue weighted by molar-refractivity contribution is 5.27. The predicted molar refractivity (Wildman–Crippen MR) is 65.2 cm³/mol. The lowest BCUT2D eigenvalue weighted by molar-refractivity contribution is 0.343. The van der Waals surface area contributed by atoms with Gasteiger partial charge in [-0.15, -0.1) is 0 Å². The molecule has 0 amide bonds. The van der Waals surface area contributed by atoms with Gasteiger partial charge in [0.25, 0.3) is 0 Å². The minimum Gasteiger partial charge on any atom is -0.303 e. The van der Waals surface area contributed by atoms with Crippen LogP contribution in [0.15, 0.2) is 24.3 Å². The molecule has 1 heterocycles. The van der Waals surface area contributed by atoms with E-state index in [1.54, 1.807) is 5.56 Å². The van der Waals surface area contributed by atoms with Crippen LogP contribution in [0, 0.1) is 0 Å². The normalized spacial score (nSPS) is 17.1. The molecule has 0 bridgehead atoms. The number of rotatable bonds is 4. The van der Waals surface area contributed by atoms with Crippen molar-refractivity contribution >= 4 is 0 Å². The molecule has 1 aromatic rings. The van der Waals surface area contributed by atoms with E-state index >= 15 is 0 Å². The van der Waals surface area contributed by atoms with Crippen LogP contribution in [-0.2, 0) is 12.8 Å². The molecule has 0 spiro atoms. The summed E-state index contributed by atoms with van der Waals surface area (Å²) in [5, 5.41) is 0. The van der Waals surface area contributed by atoms with Crippen molar-refractivity contribution in [3.63, 3.8) is 0 Å².